The summed E-state index contributed by atoms with van der Waals surface area (Å²) < 4.78 is 14.0. The second kappa shape index (κ2) is 8.96. The number of carbonyl (C=O) groups excluding carboxylic acids is 1. The van der Waals surface area contributed by atoms with Crippen molar-refractivity contribution in [2.24, 2.45) is 11.8 Å². The van der Waals surface area contributed by atoms with E-state index < -0.39 is 59.2 Å². The largest absolute Gasteiger partial charge is 0.394 e. The van der Waals surface area contributed by atoms with Gasteiger partial charge in [-0.25, -0.2) is 9.59 Å². The Balaban J connectivity index is 1.25. The summed E-state index contributed by atoms with van der Waals surface area (Å²) in [5.74, 6) is -0.934. The lowest BCUT2D eigenvalue weighted by atomic mass is 10.1. The Bertz CT molecular complexity index is 1420. The van der Waals surface area contributed by atoms with Gasteiger partial charge in [-0.05, 0) is 13.8 Å². The van der Waals surface area contributed by atoms with Crippen molar-refractivity contribution >= 4 is 5.91 Å². The van der Waals surface area contributed by atoms with Gasteiger partial charge in [-0.2, -0.15) is 0 Å². The topological polar surface area (TPSA) is 198 Å². The molecule has 0 unspecified atom stereocenters. The van der Waals surface area contributed by atoms with Gasteiger partial charge < -0.3 is 25.0 Å². The highest BCUT2D eigenvalue weighted by Crippen LogP contribution is 2.56. The fraction of sp³-hybridized carbons (Fsp3) is 0.591. The number of nitrogens with one attached hydrogen (secondary N) is 3. The summed E-state index contributed by atoms with van der Waals surface area (Å²) in [7, 11) is 0. The molecule has 14 heteroatoms. The molecule has 2 aromatic rings. The lowest BCUT2D eigenvalue weighted by Crippen LogP contribution is -2.40. The van der Waals surface area contributed by atoms with E-state index in [2.05, 4.69) is 15.3 Å². The number of nitrogens with zero attached hydrogens (tertiary/aromatic N) is 2. The molecule has 3 fully saturated rings. The molecule has 36 heavy (non-hydrogen) atoms. The van der Waals surface area contributed by atoms with Crippen molar-refractivity contribution < 1.29 is 24.5 Å². The van der Waals surface area contributed by atoms with Gasteiger partial charge in [0.25, 0.3) is 11.1 Å². The van der Waals surface area contributed by atoms with Gasteiger partial charge in [-0.15, -0.1) is 0 Å². The summed E-state index contributed by atoms with van der Waals surface area (Å²) in [5.41, 5.74) is -1.71. The number of aromatic nitrogens is 4. The molecule has 5 N–H and O–H groups in total. The Morgan fingerprint density at radius 3 is 2.25 bits per heavy atom. The Morgan fingerprint density at radius 1 is 1.00 bits per heavy atom. The van der Waals surface area contributed by atoms with Gasteiger partial charge in [-0.1, -0.05) is 0 Å². The maximum Gasteiger partial charge on any atom is 0.330 e. The molecular formula is C22H27N5O9. The van der Waals surface area contributed by atoms with Crippen LogP contribution in [0.2, 0.25) is 0 Å². The number of ether oxygens (including phenoxy) is 2. The van der Waals surface area contributed by atoms with Crippen molar-refractivity contribution in [1.82, 2.24) is 24.4 Å². The first-order valence-electron chi connectivity index (χ1n) is 11.6. The number of rotatable bonds is 6. The fourth-order valence-corrected chi connectivity index (χ4v) is 5.25. The first-order chi connectivity index (χ1) is 17.1. The van der Waals surface area contributed by atoms with Crippen molar-refractivity contribution in [1.29, 1.82) is 0 Å². The van der Waals surface area contributed by atoms with Gasteiger partial charge in [0.2, 0.25) is 5.91 Å². The van der Waals surface area contributed by atoms with E-state index in [4.69, 9.17) is 9.47 Å². The highest BCUT2D eigenvalue weighted by Gasteiger charge is 2.65. The Hall–Kier alpha value is -3.33. The molecule has 0 radical (unpaired) electrons. The lowest BCUT2D eigenvalue weighted by Gasteiger charge is -2.22. The minimum absolute atomic E-state index is 0.0645. The molecule has 1 aliphatic carbocycles. The van der Waals surface area contributed by atoms with Crippen molar-refractivity contribution in [2.75, 3.05) is 6.61 Å². The molecule has 194 valence electrons. The summed E-state index contributed by atoms with van der Waals surface area (Å²) in [5, 5.41) is 23.0. The number of H-pyrrole nitrogens is 2. The molecule has 0 aromatic carbocycles. The molecule has 4 heterocycles. The van der Waals surface area contributed by atoms with E-state index in [1.165, 1.54) is 28.5 Å². The molecule has 1 saturated carbocycles. The van der Waals surface area contributed by atoms with Crippen LogP contribution in [0.3, 0.4) is 0 Å². The number of carbonyl (C=O) groups is 1. The lowest BCUT2D eigenvalue weighted by molar-refractivity contribution is -0.127. The minimum Gasteiger partial charge on any atom is -0.394 e. The standard InChI is InChI=1S/C22H27N5O9/c1-8-5-26(21(33)24-18(8)31)14-3-10(29)11(35-14)4-13(30)23-17-15-12(7-28)36-20(16(15)17)27-6-9(2)19(32)25-22(27)34/h5-6,10-12,14-17,20,28-29H,3-4,7H2,1-2H3,(H,23,30)(H,24,31,33)(H,25,32,34)/t10-,11+,12+,14+,15+,16-,17-,20+/m0/s1. The van der Waals surface area contributed by atoms with Crippen LogP contribution in [-0.4, -0.2) is 66.2 Å². The number of aryl methyl sites for hydroxylation is 2. The summed E-state index contributed by atoms with van der Waals surface area (Å²) in [6.07, 6.45) is -1.47. The number of aromatic amines is 2. The third-order valence-electron chi connectivity index (χ3n) is 7.18. The van der Waals surface area contributed by atoms with E-state index in [1.807, 2.05) is 0 Å². The summed E-state index contributed by atoms with van der Waals surface area (Å²) in [4.78, 5) is 65.0. The predicted molar refractivity (Wildman–Crippen MR) is 121 cm³/mol. The normalized spacial score (nSPS) is 32.9. The first kappa shape index (κ1) is 24.4. The third kappa shape index (κ3) is 4.15. The van der Waals surface area contributed by atoms with Gasteiger partial charge in [-0.3, -0.25) is 33.5 Å². The Kier molecular flexibility index (Phi) is 6.06. The summed E-state index contributed by atoms with van der Waals surface area (Å²) in [6, 6.07) is -0.383. The average Bonchev–Trinajstić information content (AvgIpc) is 3.17. The van der Waals surface area contributed by atoms with Gasteiger partial charge in [0.15, 0.2) is 0 Å². The SMILES string of the molecule is Cc1cn([C@@H]2O[C@H](CO)[C@H]3[C@H](NC(=O)C[C@H]4O[C@@H](n5cc(C)c(=O)[nH]c5=O)C[C@@H]4O)[C@H]32)c(=O)[nH]c1=O. The number of fused-ring (bicyclic) bond motifs is 1. The first-order valence-corrected chi connectivity index (χ1v) is 11.6. The zero-order valence-electron chi connectivity index (χ0n) is 19.5. The van der Waals surface area contributed by atoms with Crippen LogP contribution in [0, 0.1) is 25.7 Å². The molecule has 0 spiro atoms. The number of aliphatic hydroxyl groups excluding tert-OH is 2. The molecular weight excluding hydrogens is 478 g/mol. The molecule has 14 nitrogen and oxygen atoms in total. The van der Waals surface area contributed by atoms with Gasteiger partial charge in [0, 0.05) is 47.8 Å². The Morgan fingerprint density at radius 2 is 1.61 bits per heavy atom. The number of aliphatic hydroxyl groups is 2. The average molecular weight is 505 g/mol. The molecule has 5 rings (SSSR count). The molecule has 2 aliphatic heterocycles. The maximum absolute atomic E-state index is 12.8. The second-order valence-corrected chi connectivity index (χ2v) is 9.59. The monoisotopic (exact) mass is 505 g/mol. The number of amides is 1. The molecule has 2 saturated heterocycles. The van der Waals surface area contributed by atoms with E-state index in [0.29, 0.717) is 11.1 Å². The van der Waals surface area contributed by atoms with Crippen LogP contribution in [0.25, 0.3) is 0 Å². The van der Waals surface area contributed by atoms with Crippen molar-refractivity contribution in [3.05, 3.63) is 65.2 Å². The van der Waals surface area contributed by atoms with E-state index in [1.54, 1.807) is 6.92 Å². The van der Waals surface area contributed by atoms with Crippen LogP contribution in [0.15, 0.2) is 31.6 Å². The minimum atomic E-state index is -1.01. The quantitative estimate of drug-likeness (QED) is 0.279. The Labute approximate surface area is 202 Å². The van der Waals surface area contributed by atoms with Crippen LogP contribution in [0.5, 0.6) is 0 Å². The van der Waals surface area contributed by atoms with E-state index in [-0.39, 0.29) is 37.3 Å². The van der Waals surface area contributed by atoms with Crippen LogP contribution in [0.4, 0.5) is 0 Å². The van der Waals surface area contributed by atoms with Crippen LogP contribution in [-0.2, 0) is 14.3 Å². The summed E-state index contributed by atoms with van der Waals surface area (Å²) in [6.45, 7) is 2.79. The molecule has 3 aliphatic rings. The van der Waals surface area contributed by atoms with Crippen molar-refractivity contribution in [3.63, 3.8) is 0 Å². The fourth-order valence-electron chi connectivity index (χ4n) is 5.25. The number of hydrogen-bond acceptors (Lipinski definition) is 9. The van der Waals surface area contributed by atoms with Gasteiger partial charge in [0.05, 0.1) is 31.3 Å². The van der Waals surface area contributed by atoms with Gasteiger partial charge >= 0.3 is 11.4 Å². The van der Waals surface area contributed by atoms with Gasteiger partial charge in [0.1, 0.15) is 12.5 Å². The zero-order chi connectivity index (χ0) is 25.9. The molecule has 1 amide bonds. The molecule has 2 aromatic heterocycles. The third-order valence-corrected chi connectivity index (χ3v) is 7.18. The molecule has 0 bridgehead atoms. The van der Waals surface area contributed by atoms with E-state index in [0.717, 1.165) is 0 Å². The zero-order valence-corrected chi connectivity index (χ0v) is 19.5. The highest BCUT2D eigenvalue weighted by atomic mass is 16.5. The summed E-state index contributed by atoms with van der Waals surface area (Å²) >= 11 is 0. The second-order valence-electron chi connectivity index (χ2n) is 9.59. The highest BCUT2D eigenvalue weighted by molar-refractivity contribution is 5.77. The van der Waals surface area contributed by atoms with Crippen LogP contribution in [0.1, 0.15) is 36.4 Å². The van der Waals surface area contributed by atoms with E-state index >= 15 is 0 Å². The maximum atomic E-state index is 12.8. The van der Waals surface area contributed by atoms with Crippen molar-refractivity contribution in [3.8, 4) is 0 Å². The smallest absolute Gasteiger partial charge is 0.330 e. The van der Waals surface area contributed by atoms with Crippen LogP contribution >= 0.6 is 0 Å². The van der Waals surface area contributed by atoms with Crippen molar-refractivity contribution in [2.45, 2.75) is 63.5 Å². The van der Waals surface area contributed by atoms with Crippen LogP contribution < -0.4 is 27.8 Å². The predicted octanol–water partition coefficient (Wildman–Crippen LogP) is -2.64. The number of hydrogen-bond donors (Lipinski definition) is 5. The molecule has 8 atom stereocenters. The van der Waals surface area contributed by atoms with E-state index in [9.17, 15) is 34.2 Å².